The van der Waals surface area contributed by atoms with Crippen molar-refractivity contribution < 1.29 is 19.3 Å². The van der Waals surface area contributed by atoms with Crippen LogP contribution in [0.15, 0.2) is 41.9 Å². The minimum Gasteiger partial charge on any atom is -0.477 e. The van der Waals surface area contributed by atoms with E-state index in [1.165, 1.54) is 16.7 Å². The topological polar surface area (TPSA) is 87.5 Å². The molecule has 6 nitrogen and oxygen atoms in total. The minimum atomic E-state index is -1.07. The smallest absolute Gasteiger partial charge is 0.352 e. The molecule has 1 fully saturated rings. The van der Waals surface area contributed by atoms with E-state index in [0.29, 0.717) is 12.3 Å². The number of fused-ring (bicyclic) bond motifs is 1. The summed E-state index contributed by atoms with van der Waals surface area (Å²) in [6, 6.07) is 5.07. The molecular formula is C13H14N3O3S+. The third-order valence-corrected chi connectivity index (χ3v) is 4.80. The van der Waals surface area contributed by atoms with Gasteiger partial charge in [-0.25, -0.2) is 9.36 Å². The molecule has 3 N–H and O–H groups in total. The number of aliphatic carboxylic acids is 1. The van der Waals surface area contributed by atoms with E-state index in [4.69, 9.17) is 5.73 Å². The van der Waals surface area contributed by atoms with Crippen LogP contribution in [0.25, 0.3) is 0 Å². The van der Waals surface area contributed by atoms with Crippen molar-refractivity contribution in [2.45, 2.75) is 18.0 Å². The molecule has 1 unspecified atom stereocenters. The highest BCUT2D eigenvalue weighted by Gasteiger charge is 2.52. The first-order valence-electron chi connectivity index (χ1n) is 6.19. The first kappa shape index (κ1) is 13.1. The fraction of sp³-hybridized carbons (Fsp3) is 0.308. The number of nitrogens with two attached hydrogens (primary N) is 1. The van der Waals surface area contributed by atoms with Crippen molar-refractivity contribution in [3.8, 4) is 0 Å². The van der Waals surface area contributed by atoms with Gasteiger partial charge in [0.2, 0.25) is 5.91 Å². The molecule has 0 saturated carbocycles. The van der Waals surface area contributed by atoms with Crippen molar-refractivity contribution in [2.24, 2.45) is 5.73 Å². The standard InChI is InChI=1S/C13H13N3O3S/c14-9-11(17)16-10(13(18)19)8(7-20-12(9)16)6-15-4-2-1-3-5-15/h1-5,9,12H,6-7,14H2/p+1/t9-,12?/m1/s1. The molecule has 1 amide bonds. The Kier molecular flexibility index (Phi) is 3.23. The number of hydrogen-bond acceptors (Lipinski definition) is 4. The van der Waals surface area contributed by atoms with Gasteiger partial charge < -0.3 is 10.8 Å². The molecule has 2 aliphatic rings. The van der Waals surface area contributed by atoms with E-state index < -0.39 is 12.0 Å². The fourth-order valence-electron chi connectivity index (χ4n) is 2.46. The van der Waals surface area contributed by atoms with Gasteiger partial charge in [0.05, 0.1) is 0 Å². The predicted octanol–water partition coefficient (Wildman–Crippen LogP) is -0.445. The maximum Gasteiger partial charge on any atom is 0.352 e. The van der Waals surface area contributed by atoms with E-state index in [0.717, 1.165) is 5.57 Å². The molecule has 1 aromatic rings. The lowest BCUT2D eigenvalue weighted by Gasteiger charge is -2.47. The summed E-state index contributed by atoms with van der Waals surface area (Å²) in [5.74, 6) is -0.802. The third-order valence-electron chi connectivity index (χ3n) is 3.44. The highest BCUT2D eigenvalue weighted by atomic mass is 32.2. The van der Waals surface area contributed by atoms with Gasteiger partial charge in [-0.15, -0.1) is 11.8 Å². The van der Waals surface area contributed by atoms with Crippen LogP contribution < -0.4 is 10.3 Å². The lowest BCUT2D eigenvalue weighted by atomic mass is 10.0. The van der Waals surface area contributed by atoms with E-state index in [2.05, 4.69) is 0 Å². The Bertz CT molecular complexity index is 602. The summed E-state index contributed by atoms with van der Waals surface area (Å²) in [4.78, 5) is 24.6. The molecule has 3 rings (SSSR count). The Labute approximate surface area is 119 Å². The molecule has 1 saturated heterocycles. The monoisotopic (exact) mass is 292 g/mol. The second-order valence-electron chi connectivity index (χ2n) is 4.74. The van der Waals surface area contributed by atoms with Gasteiger partial charge in [-0.1, -0.05) is 6.07 Å². The van der Waals surface area contributed by atoms with E-state index in [1.807, 2.05) is 35.2 Å². The molecule has 20 heavy (non-hydrogen) atoms. The number of aromatic nitrogens is 1. The van der Waals surface area contributed by atoms with Crippen molar-refractivity contribution in [1.82, 2.24) is 4.90 Å². The molecule has 0 radical (unpaired) electrons. The van der Waals surface area contributed by atoms with E-state index >= 15 is 0 Å². The van der Waals surface area contributed by atoms with Crippen LogP contribution in [0.4, 0.5) is 0 Å². The van der Waals surface area contributed by atoms with Gasteiger partial charge in [0.25, 0.3) is 0 Å². The van der Waals surface area contributed by atoms with E-state index in [9.17, 15) is 14.7 Å². The number of nitrogens with zero attached hydrogens (tertiary/aromatic N) is 2. The molecule has 0 aromatic carbocycles. The number of amides is 1. The van der Waals surface area contributed by atoms with Gasteiger partial charge in [0.15, 0.2) is 18.9 Å². The summed E-state index contributed by atoms with van der Waals surface area (Å²) < 4.78 is 1.89. The van der Waals surface area contributed by atoms with E-state index in [-0.39, 0.29) is 17.0 Å². The maximum atomic E-state index is 11.8. The molecule has 0 spiro atoms. The number of thioether (sulfide) groups is 1. The fourth-order valence-corrected chi connectivity index (χ4v) is 3.74. The van der Waals surface area contributed by atoms with Gasteiger partial charge >= 0.3 is 5.97 Å². The molecule has 7 heteroatoms. The Hall–Kier alpha value is -1.86. The minimum absolute atomic E-state index is 0.0943. The normalized spacial score (nSPS) is 25.2. The van der Waals surface area contributed by atoms with Crippen molar-refractivity contribution in [1.29, 1.82) is 0 Å². The number of carbonyl (C=O) groups excluding carboxylic acids is 1. The third kappa shape index (κ3) is 1.99. The summed E-state index contributed by atoms with van der Waals surface area (Å²) in [7, 11) is 0. The summed E-state index contributed by atoms with van der Waals surface area (Å²) >= 11 is 1.52. The molecule has 3 heterocycles. The lowest BCUT2D eigenvalue weighted by molar-refractivity contribution is -0.689. The number of β-lactam (4-membered cyclic amide) rings is 1. The lowest BCUT2D eigenvalue weighted by Crippen LogP contribution is -2.68. The van der Waals surface area contributed by atoms with Gasteiger partial charge in [-0.05, 0) is 0 Å². The van der Waals surface area contributed by atoms with Crippen LogP contribution >= 0.6 is 11.8 Å². The SMILES string of the molecule is N[C@@H]1C(=O)N2C(C(=O)O)=C(C[n+]3ccccc3)CSC12. The molecule has 0 aliphatic carbocycles. The summed E-state index contributed by atoms with van der Waals surface area (Å²) in [5, 5.41) is 9.16. The van der Waals surface area contributed by atoms with Crippen LogP contribution in [0, 0.1) is 0 Å². The zero-order valence-electron chi connectivity index (χ0n) is 10.6. The second kappa shape index (κ2) is 4.92. The van der Waals surface area contributed by atoms with Crippen molar-refractivity contribution in [3.05, 3.63) is 41.9 Å². The van der Waals surface area contributed by atoms with Crippen LogP contribution in [0.3, 0.4) is 0 Å². The zero-order valence-corrected chi connectivity index (χ0v) is 11.4. The van der Waals surface area contributed by atoms with Gasteiger partial charge in [-0.2, -0.15) is 0 Å². The van der Waals surface area contributed by atoms with Crippen molar-refractivity contribution in [2.75, 3.05) is 5.75 Å². The van der Waals surface area contributed by atoms with Gasteiger partial charge in [0.1, 0.15) is 17.1 Å². The molecule has 104 valence electrons. The quantitative estimate of drug-likeness (QED) is 0.582. The number of carboxylic acid groups (broad SMARTS) is 1. The average Bonchev–Trinajstić information content (AvgIpc) is 2.46. The number of pyridine rings is 1. The highest BCUT2D eigenvalue weighted by Crippen LogP contribution is 2.39. The van der Waals surface area contributed by atoms with Gasteiger partial charge in [-0.3, -0.25) is 9.69 Å². The molecule has 2 atom stereocenters. The molecule has 0 bridgehead atoms. The van der Waals surface area contributed by atoms with Crippen LogP contribution in [0.2, 0.25) is 0 Å². The summed E-state index contributed by atoms with van der Waals surface area (Å²) in [5.41, 5.74) is 6.53. The maximum absolute atomic E-state index is 11.8. The Morgan fingerprint density at radius 2 is 2.15 bits per heavy atom. The molecular weight excluding hydrogens is 278 g/mol. The Balaban J connectivity index is 1.94. The molecule has 1 aromatic heterocycles. The predicted molar refractivity (Wildman–Crippen MR) is 72.4 cm³/mol. The Morgan fingerprint density at radius 3 is 2.80 bits per heavy atom. The first-order chi connectivity index (χ1) is 9.59. The van der Waals surface area contributed by atoms with Crippen LogP contribution in [-0.2, 0) is 16.1 Å². The first-order valence-corrected chi connectivity index (χ1v) is 7.24. The van der Waals surface area contributed by atoms with Crippen LogP contribution in [0.1, 0.15) is 0 Å². The summed E-state index contributed by atoms with van der Waals surface area (Å²) in [6.07, 6.45) is 3.74. The van der Waals surface area contributed by atoms with Gasteiger partial charge in [0, 0.05) is 23.5 Å². The summed E-state index contributed by atoms with van der Waals surface area (Å²) in [6.45, 7) is 0.460. The van der Waals surface area contributed by atoms with Crippen molar-refractivity contribution >= 4 is 23.6 Å². The van der Waals surface area contributed by atoms with E-state index in [1.54, 1.807) is 0 Å². The number of carboxylic acids is 1. The number of hydrogen-bond donors (Lipinski definition) is 2. The Morgan fingerprint density at radius 1 is 1.45 bits per heavy atom. The van der Waals surface area contributed by atoms with Crippen molar-refractivity contribution in [3.63, 3.8) is 0 Å². The van der Waals surface area contributed by atoms with Crippen LogP contribution in [-0.4, -0.2) is 39.1 Å². The molecule has 2 aliphatic heterocycles. The number of carbonyl (C=O) groups is 2. The average molecular weight is 292 g/mol. The van der Waals surface area contributed by atoms with Crippen LogP contribution in [0.5, 0.6) is 0 Å². The second-order valence-corrected chi connectivity index (χ2v) is 5.85. The largest absolute Gasteiger partial charge is 0.477 e. The number of rotatable bonds is 3. The zero-order chi connectivity index (χ0) is 14.3. The highest BCUT2D eigenvalue weighted by molar-refractivity contribution is 8.00.